The molecule has 1 amide bonds. The molecule has 0 spiro atoms. The number of rotatable bonds is 8. The van der Waals surface area contributed by atoms with E-state index in [0.29, 0.717) is 30.8 Å². The number of carbonyl (C=O) groups excluding carboxylic acids is 1. The van der Waals surface area contributed by atoms with Crippen molar-refractivity contribution in [2.45, 2.75) is 44.0 Å². The molecule has 1 atom stereocenters. The maximum atomic E-state index is 12.5. The van der Waals surface area contributed by atoms with Crippen molar-refractivity contribution in [2.24, 2.45) is 0 Å². The van der Waals surface area contributed by atoms with Gasteiger partial charge in [-0.1, -0.05) is 26.0 Å². The SMILES string of the molecule is CCN(CC)S(=O)(=O)c1ccc(CCC(=O)N(C)C2CCNC2)cc1. The minimum absolute atomic E-state index is 0.133. The highest BCUT2D eigenvalue weighted by Gasteiger charge is 2.23. The predicted octanol–water partition coefficient (Wildman–Crippen LogP) is 1.47. The summed E-state index contributed by atoms with van der Waals surface area (Å²) in [5.74, 6) is 0.133. The number of aryl methyl sites for hydroxylation is 1. The van der Waals surface area contributed by atoms with E-state index in [1.54, 1.807) is 24.3 Å². The zero-order valence-corrected chi connectivity index (χ0v) is 16.2. The summed E-state index contributed by atoms with van der Waals surface area (Å²) in [5.41, 5.74) is 0.977. The third kappa shape index (κ3) is 4.80. The van der Waals surface area contributed by atoms with Gasteiger partial charge in [0.15, 0.2) is 0 Å². The maximum absolute atomic E-state index is 12.5. The standard InChI is InChI=1S/C18H29N3O3S/c1-4-21(5-2)25(23,24)17-9-6-15(7-10-17)8-11-18(22)20(3)16-12-13-19-14-16/h6-7,9-10,16,19H,4-5,8,11-14H2,1-3H3. The highest BCUT2D eigenvalue weighted by molar-refractivity contribution is 7.89. The summed E-state index contributed by atoms with van der Waals surface area (Å²) in [4.78, 5) is 14.4. The van der Waals surface area contributed by atoms with E-state index in [4.69, 9.17) is 0 Å². The highest BCUT2D eigenvalue weighted by Crippen LogP contribution is 2.17. The van der Waals surface area contributed by atoms with Crippen LogP contribution in [0.15, 0.2) is 29.2 Å². The summed E-state index contributed by atoms with van der Waals surface area (Å²) in [5, 5.41) is 3.27. The number of carbonyl (C=O) groups is 1. The van der Waals surface area contributed by atoms with E-state index >= 15 is 0 Å². The van der Waals surface area contributed by atoms with Crippen molar-refractivity contribution in [3.8, 4) is 0 Å². The number of likely N-dealkylation sites (N-methyl/N-ethyl adjacent to an activating group) is 1. The molecule has 1 aliphatic rings. The van der Waals surface area contributed by atoms with E-state index in [2.05, 4.69) is 5.32 Å². The summed E-state index contributed by atoms with van der Waals surface area (Å²) in [6, 6.07) is 7.17. The quantitative estimate of drug-likeness (QED) is 0.755. The van der Waals surface area contributed by atoms with Crippen molar-refractivity contribution in [1.29, 1.82) is 0 Å². The Morgan fingerprint density at radius 1 is 1.20 bits per heavy atom. The molecule has 1 aliphatic heterocycles. The average molecular weight is 368 g/mol. The Morgan fingerprint density at radius 2 is 1.84 bits per heavy atom. The minimum Gasteiger partial charge on any atom is -0.341 e. The Balaban J connectivity index is 1.95. The number of hydrogen-bond acceptors (Lipinski definition) is 4. The van der Waals surface area contributed by atoms with E-state index in [1.807, 2.05) is 25.8 Å². The van der Waals surface area contributed by atoms with Crippen molar-refractivity contribution in [1.82, 2.24) is 14.5 Å². The second-order valence-electron chi connectivity index (χ2n) is 6.38. The van der Waals surface area contributed by atoms with Crippen LogP contribution in [0, 0.1) is 0 Å². The largest absolute Gasteiger partial charge is 0.341 e. The molecule has 25 heavy (non-hydrogen) atoms. The molecule has 1 unspecified atom stereocenters. The van der Waals surface area contributed by atoms with Gasteiger partial charge in [-0.3, -0.25) is 4.79 Å². The van der Waals surface area contributed by atoms with E-state index in [-0.39, 0.29) is 11.9 Å². The molecule has 1 aromatic rings. The molecule has 1 aromatic carbocycles. The van der Waals surface area contributed by atoms with Gasteiger partial charge < -0.3 is 10.2 Å². The molecule has 1 N–H and O–H groups in total. The number of nitrogens with zero attached hydrogens (tertiary/aromatic N) is 2. The summed E-state index contributed by atoms with van der Waals surface area (Å²) < 4.78 is 26.4. The number of hydrogen-bond donors (Lipinski definition) is 1. The topological polar surface area (TPSA) is 69.7 Å². The van der Waals surface area contributed by atoms with Gasteiger partial charge in [0.1, 0.15) is 0 Å². The van der Waals surface area contributed by atoms with Crippen LogP contribution in [0.5, 0.6) is 0 Å². The van der Waals surface area contributed by atoms with Crippen LogP contribution >= 0.6 is 0 Å². The van der Waals surface area contributed by atoms with E-state index in [9.17, 15) is 13.2 Å². The first-order chi connectivity index (χ1) is 11.9. The van der Waals surface area contributed by atoms with Gasteiger partial charge >= 0.3 is 0 Å². The van der Waals surface area contributed by atoms with Crippen LogP contribution in [-0.2, 0) is 21.2 Å². The summed E-state index contributed by atoms with van der Waals surface area (Å²) in [6.07, 6.45) is 2.06. The molecule has 0 radical (unpaired) electrons. The fraction of sp³-hybridized carbons (Fsp3) is 0.611. The van der Waals surface area contributed by atoms with Crippen molar-refractivity contribution >= 4 is 15.9 Å². The first-order valence-corrected chi connectivity index (χ1v) is 10.4. The molecule has 1 heterocycles. The van der Waals surface area contributed by atoms with E-state index in [0.717, 1.165) is 25.1 Å². The molecule has 0 aliphatic carbocycles. The lowest BCUT2D eigenvalue weighted by molar-refractivity contribution is -0.131. The Kier molecular flexibility index (Phi) is 6.98. The lowest BCUT2D eigenvalue weighted by atomic mass is 10.1. The predicted molar refractivity (Wildman–Crippen MR) is 98.9 cm³/mol. The highest BCUT2D eigenvalue weighted by atomic mass is 32.2. The third-order valence-corrected chi connectivity index (χ3v) is 6.93. The van der Waals surface area contributed by atoms with E-state index in [1.165, 1.54) is 4.31 Å². The first kappa shape index (κ1) is 19.9. The molecular formula is C18H29N3O3S. The van der Waals surface area contributed by atoms with Crippen LogP contribution in [0.1, 0.15) is 32.3 Å². The average Bonchev–Trinajstić information content (AvgIpc) is 3.14. The second-order valence-corrected chi connectivity index (χ2v) is 8.32. The van der Waals surface area contributed by atoms with Gasteiger partial charge in [-0.15, -0.1) is 0 Å². The van der Waals surface area contributed by atoms with Gasteiger partial charge in [0.2, 0.25) is 15.9 Å². The molecule has 1 fully saturated rings. The number of amides is 1. The molecule has 1 saturated heterocycles. The lowest BCUT2D eigenvalue weighted by Crippen LogP contribution is -2.38. The Bertz CT molecular complexity index is 663. The Morgan fingerprint density at radius 3 is 2.36 bits per heavy atom. The number of benzene rings is 1. The van der Waals surface area contributed by atoms with Crippen molar-refractivity contribution in [3.05, 3.63) is 29.8 Å². The molecule has 0 aromatic heterocycles. The third-order valence-electron chi connectivity index (χ3n) is 4.87. The molecule has 2 rings (SSSR count). The fourth-order valence-corrected chi connectivity index (χ4v) is 4.60. The van der Waals surface area contributed by atoms with Gasteiger partial charge in [-0.2, -0.15) is 4.31 Å². The van der Waals surface area contributed by atoms with Crippen molar-refractivity contribution in [2.75, 3.05) is 33.2 Å². The Labute approximate surface area is 151 Å². The number of sulfonamides is 1. The van der Waals surface area contributed by atoms with Gasteiger partial charge in [0, 0.05) is 39.1 Å². The van der Waals surface area contributed by atoms with Crippen LogP contribution < -0.4 is 5.32 Å². The smallest absolute Gasteiger partial charge is 0.243 e. The summed E-state index contributed by atoms with van der Waals surface area (Å²) in [7, 11) is -1.56. The molecule has 0 bridgehead atoms. The van der Waals surface area contributed by atoms with Crippen LogP contribution in [-0.4, -0.2) is 62.8 Å². The molecule has 7 heteroatoms. The number of nitrogens with one attached hydrogen (secondary N) is 1. The van der Waals surface area contributed by atoms with E-state index < -0.39 is 10.0 Å². The van der Waals surface area contributed by atoms with Crippen LogP contribution in [0.3, 0.4) is 0 Å². The van der Waals surface area contributed by atoms with Gasteiger partial charge in [0.25, 0.3) is 0 Å². The van der Waals surface area contributed by atoms with Crippen LogP contribution in [0.4, 0.5) is 0 Å². The Hall–Kier alpha value is -1.44. The van der Waals surface area contributed by atoms with Crippen molar-refractivity contribution < 1.29 is 13.2 Å². The minimum atomic E-state index is -3.42. The summed E-state index contributed by atoms with van der Waals surface area (Å²) >= 11 is 0. The zero-order valence-electron chi connectivity index (χ0n) is 15.4. The molecule has 0 saturated carbocycles. The summed E-state index contributed by atoms with van der Waals surface area (Å²) in [6.45, 7) is 6.40. The second kappa shape index (κ2) is 8.78. The fourth-order valence-electron chi connectivity index (χ4n) is 3.14. The van der Waals surface area contributed by atoms with Crippen LogP contribution in [0.25, 0.3) is 0 Å². The first-order valence-electron chi connectivity index (χ1n) is 8.95. The monoisotopic (exact) mass is 367 g/mol. The molecule has 6 nitrogen and oxygen atoms in total. The maximum Gasteiger partial charge on any atom is 0.243 e. The molecule has 140 valence electrons. The van der Waals surface area contributed by atoms with Gasteiger partial charge in [-0.25, -0.2) is 8.42 Å². The normalized spacial score (nSPS) is 17.8. The zero-order chi connectivity index (χ0) is 18.4. The molecular weight excluding hydrogens is 338 g/mol. The lowest BCUT2D eigenvalue weighted by Gasteiger charge is -2.23. The van der Waals surface area contributed by atoms with Crippen LogP contribution in [0.2, 0.25) is 0 Å². The van der Waals surface area contributed by atoms with Gasteiger partial charge in [-0.05, 0) is 37.1 Å². The van der Waals surface area contributed by atoms with Crippen molar-refractivity contribution in [3.63, 3.8) is 0 Å². The van der Waals surface area contributed by atoms with Gasteiger partial charge in [0.05, 0.1) is 4.90 Å².